The number of hydrogen-bond acceptors (Lipinski definition) is 2. The van der Waals surface area contributed by atoms with Crippen molar-refractivity contribution in [2.45, 2.75) is 33.6 Å². The molecule has 0 aliphatic rings. The van der Waals surface area contributed by atoms with Gasteiger partial charge in [-0.15, -0.1) is 0 Å². The molecule has 0 saturated heterocycles. The van der Waals surface area contributed by atoms with E-state index in [0.717, 1.165) is 5.56 Å². The maximum absolute atomic E-state index is 11.9. The van der Waals surface area contributed by atoms with Crippen LogP contribution >= 0.6 is 11.6 Å². The Morgan fingerprint density at radius 3 is 2.47 bits per heavy atom. The van der Waals surface area contributed by atoms with Crippen LogP contribution in [0.15, 0.2) is 18.2 Å². The van der Waals surface area contributed by atoms with Crippen molar-refractivity contribution in [3.8, 4) is 0 Å². The van der Waals surface area contributed by atoms with Gasteiger partial charge in [0.2, 0.25) is 5.91 Å². The molecular weight excluding hydrogens is 266 g/mol. The minimum Gasteiger partial charge on any atom is -0.481 e. The zero-order valence-corrected chi connectivity index (χ0v) is 12.0. The van der Waals surface area contributed by atoms with Crippen molar-refractivity contribution in [3.05, 3.63) is 28.8 Å². The van der Waals surface area contributed by atoms with Crippen molar-refractivity contribution in [1.82, 2.24) is 0 Å². The molecule has 1 aromatic carbocycles. The summed E-state index contributed by atoms with van der Waals surface area (Å²) in [6, 6.07) is 5.35. The largest absolute Gasteiger partial charge is 0.481 e. The van der Waals surface area contributed by atoms with Gasteiger partial charge in [0.15, 0.2) is 0 Å². The monoisotopic (exact) mass is 283 g/mol. The van der Waals surface area contributed by atoms with Gasteiger partial charge < -0.3 is 10.4 Å². The predicted molar refractivity (Wildman–Crippen MR) is 75.5 cm³/mol. The van der Waals surface area contributed by atoms with Gasteiger partial charge in [-0.1, -0.05) is 31.5 Å². The molecule has 5 heteroatoms. The number of carbonyl (C=O) groups excluding carboxylic acids is 1. The molecule has 0 aliphatic carbocycles. The normalized spacial score (nSPS) is 11.2. The van der Waals surface area contributed by atoms with E-state index in [0.29, 0.717) is 10.7 Å². The van der Waals surface area contributed by atoms with Crippen LogP contribution in [0.5, 0.6) is 0 Å². The third kappa shape index (κ3) is 5.30. The second kappa shape index (κ2) is 6.06. The molecule has 0 fully saturated rings. The Morgan fingerprint density at radius 1 is 1.32 bits per heavy atom. The van der Waals surface area contributed by atoms with E-state index in [1.54, 1.807) is 26.0 Å². The fourth-order valence-corrected chi connectivity index (χ4v) is 2.10. The first-order valence-electron chi connectivity index (χ1n) is 5.97. The number of hydrogen-bond donors (Lipinski definition) is 2. The average Bonchev–Trinajstić information content (AvgIpc) is 2.19. The SMILES string of the molecule is Cc1ccc(NC(=O)CC(C)(C)CC(=O)O)c(Cl)c1. The lowest BCUT2D eigenvalue weighted by Crippen LogP contribution is -2.24. The smallest absolute Gasteiger partial charge is 0.303 e. The number of aliphatic carboxylic acids is 1. The van der Waals surface area contributed by atoms with Crippen LogP contribution in [-0.4, -0.2) is 17.0 Å². The molecule has 0 aromatic heterocycles. The highest BCUT2D eigenvalue weighted by Crippen LogP contribution is 2.27. The molecule has 1 amide bonds. The van der Waals surface area contributed by atoms with Gasteiger partial charge in [0.1, 0.15) is 0 Å². The van der Waals surface area contributed by atoms with Gasteiger partial charge in [0.05, 0.1) is 17.1 Å². The van der Waals surface area contributed by atoms with Crippen molar-refractivity contribution in [2.24, 2.45) is 5.41 Å². The summed E-state index contributed by atoms with van der Waals surface area (Å²) in [4.78, 5) is 22.6. The van der Waals surface area contributed by atoms with Crippen LogP contribution in [0.2, 0.25) is 5.02 Å². The summed E-state index contributed by atoms with van der Waals surface area (Å²) in [5.41, 5.74) is 0.963. The second-order valence-electron chi connectivity index (χ2n) is 5.44. The second-order valence-corrected chi connectivity index (χ2v) is 5.85. The number of carboxylic acid groups (broad SMARTS) is 1. The fraction of sp³-hybridized carbons (Fsp3) is 0.429. The van der Waals surface area contributed by atoms with Crippen LogP contribution < -0.4 is 5.32 Å². The highest BCUT2D eigenvalue weighted by atomic mass is 35.5. The summed E-state index contributed by atoms with van der Waals surface area (Å²) < 4.78 is 0. The van der Waals surface area contributed by atoms with Crippen LogP contribution in [-0.2, 0) is 9.59 Å². The van der Waals surface area contributed by atoms with Crippen molar-refractivity contribution >= 4 is 29.2 Å². The third-order valence-corrected chi connectivity index (χ3v) is 2.98. The molecule has 0 atom stereocenters. The summed E-state index contributed by atoms with van der Waals surface area (Å²) >= 11 is 6.02. The lowest BCUT2D eigenvalue weighted by molar-refractivity contribution is -0.139. The van der Waals surface area contributed by atoms with Gasteiger partial charge in [-0.05, 0) is 30.0 Å². The molecule has 0 radical (unpaired) electrons. The van der Waals surface area contributed by atoms with Crippen molar-refractivity contribution in [3.63, 3.8) is 0 Å². The van der Waals surface area contributed by atoms with E-state index in [-0.39, 0.29) is 18.7 Å². The first-order chi connectivity index (χ1) is 8.69. The van der Waals surface area contributed by atoms with Gasteiger partial charge in [-0.2, -0.15) is 0 Å². The number of carboxylic acids is 1. The Balaban J connectivity index is 2.67. The highest BCUT2D eigenvalue weighted by molar-refractivity contribution is 6.33. The lowest BCUT2D eigenvalue weighted by Gasteiger charge is -2.21. The zero-order valence-electron chi connectivity index (χ0n) is 11.3. The molecule has 4 nitrogen and oxygen atoms in total. The van der Waals surface area contributed by atoms with E-state index in [1.807, 2.05) is 13.0 Å². The van der Waals surface area contributed by atoms with E-state index in [2.05, 4.69) is 5.32 Å². The maximum atomic E-state index is 11.9. The lowest BCUT2D eigenvalue weighted by atomic mass is 9.85. The molecule has 1 rings (SSSR count). The Labute approximate surface area is 117 Å². The van der Waals surface area contributed by atoms with Gasteiger partial charge in [-0.3, -0.25) is 9.59 Å². The minimum atomic E-state index is -0.911. The van der Waals surface area contributed by atoms with Crippen LogP contribution in [0.1, 0.15) is 32.3 Å². The molecule has 19 heavy (non-hydrogen) atoms. The molecule has 2 N–H and O–H groups in total. The average molecular weight is 284 g/mol. The van der Waals surface area contributed by atoms with E-state index in [4.69, 9.17) is 16.7 Å². The molecule has 0 spiro atoms. The number of nitrogens with one attached hydrogen (secondary N) is 1. The van der Waals surface area contributed by atoms with Gasteiger partial charge >= 0.3 is 5.97 Å². The minimum absolute atomic E-state index is 0.0535. The topological polar surface area (TPSA) is 66.4 Å². The van der Waals surface area contributed by atoms with Gasteiger partial charge in [0, 0.05) is 6.42 Å². The third-order valence-electron chi connectivity index (χ3n) is 2.67. The summed E-state index contributed by atoms with van der Waals surface area (Å²) in [6.07, 6.45) is 0.0750. The number of halogens is 1. The molecular formula is C14H18ClNO3. The van der Waals surface area contributed by atoms with Crippen LogP contribution in [0, 0.1) is 12.3 Å². The number of rotatable bonds is 5. The summed E-state index contributed by atoms with van der Waals surface area (Å²) in [7, 11) is 0. The van der Waals surface area contributed by atoms with Crippen molar-refractivity contribution in [1.29, 1.82) is 0 Å². The molecule has 0 heterocycles. The summed E-state index contributed by atoms with van der Waals surface area (Å²) in [6.45, 7) is 5.41. The van der Waals surface area contributed by atoms with E-state index >= 15 is 0 Å². The summed E-state index contributed by atoms with van der Waals surface area (Å²) in [5, 5.41) is 12.0. The molecule has 0 unspecified atom stereocenters. The Hall–Kier alpha value is -1.55. The Kier molecular flexibility index (Phi) is 4.95. The van der Waals surface area contributed by atoms with Gasteiger partial charge in [-0.25, -0.2) is 0 Å². The Bertz CT molecular complexity index is 497. The van der Waals surface area contributed by atoms with E-state index in [1.165, 1.54) is 0 Å². The standard InChI is InChI=1S/C14H18ClNO3/c1-9-4-5-11(10(15)6-9)16-12(17)7-14(2,3)8-13(18)19/h4-6H,7-8H2,1-3H3,(H,16,17)(H,18,19). The van der Waals surface area contributed by atoms with Crippen LogP contribution in [0.25, 0.3) is 0 Å². The summed E-state index contributed by atoms with van der Waals surface area (Å²) in [5.74, 6) is -1.15. The molecule has 0 saturated carbocycles. The molecule has 0 bridgehead atoms. The zero-order chi connectivity index (χ0) is 14.6. The van der Waals surface area contributed by atoms with Crippen LogP contribution in [0.3, 0.4) is 0 Å². The quantitative estimate of drug-likeness (QED) is 0.869. The Morgan fingerprint density at radius 2 is 1.95 bits per heavy atom. The predicted octanol–water partition coefficient (Wildman–Crippen LogP) is 3.48. The molecule has 104 valence electrons. The van der Waals surface area contributed by atoms with E-state index < -0.39 is 11.4 Å². The van der Waals surface area contributed by atoms with E-state index in [9.17, 15) is 9.59 Å². The van der Waals surface area contributed by atoms with Crippen molar-refractivity contribution in [2.75, 3.05) is 5.32 Å². The number of benzene rings is 1. The maximum Gasteiger partial charge on any atom is 0.303 e. The number of aryl methyl sites for hydroxylation is 1. The molecule has 1 aromatic rings. The first-order valence-corrected chi connectivity index (χ1v) is 6.35. The number of amides is 1. The van der Waals surface area contributed by atoms with Crippen LogP contribution in [0.4, 0.5) is 5.69 Å². The number of carbonyl (C=O) groups is 2. The fourth-order valence-electron chi connectivity index (χ4n) is 1.82. The number of anilines is 1. The first kappa shape index (κ1) is 15.5. The van der Waals surface area contributed by atoms with Gasteiger partial charge in [0.25, 0.3) is 0 Å². The van der Waals surface area contributed by atoms with Crippen molar-refractivity contribution < 1.29 is 14.7 Å². The molecule has 0 aliphatic heterocycles. The highest BCUT2D eigenvalue weighted by Gasteiger charge is 2.25.